The maximum atomic E-state index is 4.04. The summed E-state index contributed by atoms with van der Waals surface area (Å²) in [7, 11) is 0. The molecule has 0 saturated heterocycles. The van der Waals surface area contributed by atoms with Crippen LogP contribution in [0.5, 0.6) is 0 Å². The molecule has 0 aliphatic rings. The number of nitrogens with one attached hydrogen (secondary N) is 1. The second-order valence-corrected chi connectivity index (χ2v) is 4.22. The quantitative estimate of drug-likeness (QED) is 0.605. The molecule has 4 heteroatoms. The first kappa shape index (κ1) is 11.4. The first-order chi connectivity index (χ1) is 7.08. The Morgan fingerprint density at radius 1 is 1.33 bits per heavy atom. The van der Waals surface area contributed by atoms with Crippen molar-refractivity contribution < 1.29 is 0 Å². The van der Waals surface area contributed by atoms with Crippen molar-refractivity contribution in [3.63, 3.8) is 0 Å². The molecule has 1 heterocycles. The van der Waals surface area contributed by atoms with Gasteiger partial charge in [-0.25, -0.2) is 10.4 Å². The second-order valence-electron chi connectivity index (χ2n) is 4.22. The normalized spacial score (nSPS) is 12.5. The van der Waals surface area contributed by atoms with Crippen LogP contribution in [0.1, 0.15) is 20.8 Å². The smallest absolute Gasteiger partial charge is 0.147 e. The molecule has 0 bridgehead atoms. The molecule has 0 atom stereocenters. The van der Waals surface area contributed by atoms with E-state index in [1.54, 1.807) is 12.4 Å². The Morgan fingerprint density at radius 3 is 2.73 bits per heavy atom. The van der Waals surface area contributed by atoms with Crippen LogP contribution in [0.15, 0.2) is 47.0 Å². The van der Waals surface area contributed by atoms with Gasteiger partial charge >= 0.3 is 0 Å². The second kappa shape index (κ2) is 5.24. The van der Waals surface area contributed by atoms with Crippen LogP contribution in [0.2, 0.25) is 0 Å². The van der Waals surface area contributed by atoms with E-state index in [0.717, 1.165) is 0 Å². The highest BCUT2D eigenvalue weighted by molar-refractivity contribution is 5.31. The molecule has 0 unspecified atom stereocenters. The number of anilines is 1. The van der Waals surface area contributed by atoms with Crippen LogP contribution in [0, 0.1) is 5.41 Å². The van der Waals surface area contributed by atoms with Crippen molar-refractivity contribution in [1.82, 2.24) is 4.98 Å². The molecule has 0 aliphatic heterocycles. The van der Waals surface area contributed by atoms with Gasteiger partial charge in [0.2, 0.25) is 0 Å². The molecule has 1 aromatic heterocycles. The number of pyridine rings is 1. The fourth-order valence-electron chi connectivity index (χ4n) is 0.799. The molecule has 0 spiro atoms. The first-order valence-corrected chi connectivity index (χ1v) is 4.82. The SMILES string of the molecule is CC(C)(C)C=CN=NNc1ccccn1. The van der Waals surface area contributed by atoms with Gasteiger partial charge in [0, 0.05) is 12.4 Å². The molecule has 80 valence electrons. The first-order valence-electron chi connectivity index (χ1n) is 4.82. The van der Waals surface area contributed by atoms with Gasteiger partial charge < -0.3 is 0 Å². The molecular weight excluding hydrogens is 188 g/mol. The highest BCUT2D eigenvalue weighted by Gasteiger charge is 2.02. The average molecular weight is 204 g/mol. The van der Waals surface area contributed by atoms with Gasteiger partial charge in [0.25, 0.3) is 0 Å². The van der Waals surface area contributed by atoms with Crippen molar-refractivity contribution in [3.05, 3.63) is 36.7 Å². The Kier molecular flexibility index (Phi) is 3.97. The lowest BCUT2D eigenvalue weighted by molar-refractivity contribution is 0.542. The van der Waals surface area contributed by atoms with Gasteiger partial charge in [0.05, 0.1) is 0 Å². The zero-order valence-corrected chi connectivity index (χ0v) is 9.31. The summed E-state index contributed by atoms with van der Waals surface area (Å²) in [5.41, 5.74) is 2.86. The van der Waals surface area contributed by atoms with Gasteiger partial charge in [-0.1, -0.05) is 38.1 Å². The number of nitrogens with zero attached hydrogens (tertiary/aromatic N) is 3. The van der Waals surface area contributed by atoms with Crippen LogP contribution >= 0.6 is 0 Å². The molecular formula is C11H16N4. The fraction of sp³-hybridized carbons (Fsp3) is 0.364. The summed E-state index contributed by atoms with van der Waals surface area (Å²) in [6.07, 6.45) is 5.36. The Balaban J connectivity index is 2.38. The van der Waals surface area contributed by atoms with E-state index < -0.39 is 0 Å². The lowest BCUT2D eigenvalue weighted by atomic mass is 9.97. The summed E-state index contributed by atoms with van der Waals surface area (Å²) in [5, 5.41) is 7.62. The summed E-state index contributed by atoms with van der Waals surface area (Å²) in [6.45, 7) is 6.31. The van der Waals surface area contributed by atoms with Gasteiger partial charge in [0.15, 0.2) is 0 Å². The third-order valence-electron chi connectivity index (χ3n) is 1.53. The number of hydrogen-bond acceptors (Lipinski definition) is 3. The minimum Gasteiger partial charge on any atom is -0.242 e. The van der Waals surface area contributed by atoms with Crippen molar-refractivity contribution in [1.29, 1.82) is 0 Å². The van der Waals surface area contributed by atoms with Crippen LogP contribution in [0.3, 0.4) is 0 Å². The van der Waals surface area contributed by atoms with Crippen molar-refractivity contribution in [2.24, 2.45) is 15.8 Å². The highest BCUT2D eigenvalue weighted by Crippen LogP contribution is 2.14. The Labute approximate surface area is 90.1 Å². The van der Waals surface area contributed by atoms with E-state index in [1.807, 2.05) is 24.3 Å². The Hall–Kier alpha value is -1.71. The van der Waals surface area contributed by atoms with E-state index in [0.29, 0.717) is 5.82 Å². The summed E-state index contributed by atoms with van der Waals surface area (Å²) in [6, 6.07) is 5.56. The molecule has 0 saturated carbocycles. The lowest BCUT2D eigenvalue weighted by Crippen LogP contribution is -1.97. The molecule has 0 amide bonds. The van der Waals surface area contributed by atoms with E-state index in [4.69, 9.17) is 0 Å². The van der Waals surface area contributed by atoms with Crippen molar-refractivity contribution in [2.75, 3.05) is 5.43 Å². The predicted molar refractivity (Wildman–Crippen MR) is 61.3 cm³/mol. The van der Waals surface area contributed by atoms with Crippen LogP contribution in [-0.4, -0.2) is 4.98 Å². The van der Waals surface area contributed by atoms with Crippen LogP contribution in [0.25, 0.3) is 0 Å². The molecule has 0 aliphatic carbocycles. The zero-order chi connectivity index (χ0) is 11.1. The van der Waals surface area contributed by atoms with E-state index in [1.165, 1.54) is 0 Å². The van der Waals surface area contributed by atoms with Gasteiger partial charge in [-0.2, -0.15) is 0 Å². The standard InChI is InChI=1S/C11H16N4/c1-11(2,3)7-9-13-15-14-10-6-4-5-8-12-10/h4-9H,1-3H3,(H,12,13,14). The molecule has 0 aromatic carbocycles. The van der Waals surface area contributed by atoms with E-state index in [2.05, 4.69) is 41.5 Å². The third-order valence-corrected chi connectivity index (χ3v) is 1.53. The Morgan fingerprint density at radius 2 is 2.13 bits per heavy atom. The number of hydrogen-bond donors (Lipinski definition) is 1. The maximum Gasteiger partial charge on any atom is 0.147 e. The summed E-state index contributed by atoms with van der Waals surface area (Å²) in [4.78, 5) is 4.04. The predicted octanol–water partition coefficient (Wildman–Crippen LogP) is 3.42. The molecule has 0 radical (unpaired) electrons. The van der Waals surface area contributed by atoms with Gasteiger partial charge in [-0.15, -0.1) is 5.11 Å². The van der Waals surface area contributed by atoms with Gasteiger partial charge in [-0.3, -0.25) is 0 Å². The minimum atomic E-state index is 0.129. The topological polar surface area (TPSA) is 49.6 Å². The molecule has 1 rings (SSSR count). The van der Waals surface area contributed by atoms with Crippen LogP contribution in [0.4, 0.5) is 5.82 Å². The number of rotatable bonds is 3. The summed E-state index contributed by atoms with van der Waals surface area (Å²) >= 11 is 0. The highest BCUT2D eigenvalue weighted by atomic mass is 15.4. The molecule has 4 nitrogen and oxygen atoms in total. The van der Waals surface area contributed by atoms with Crippen LogP contribution in [-0.2, 0) is 0 Å². The Bertz CT molecular complexity index is 335. The molecule has 1 aromatic rings. The maximum absolute atomic E-state index is 4.04. The average Bonchev–Trinajstić information content (AvgIpc) is 2.17. The van der Waals surface area contributed by atoms with Crippen molar-refractivity contribution >= 4 is 5.82 Å². The van der Waals surface area contributed by atoms with Crippen molar-refractivity contribution in [2.45, 2.75) is 20.8 Å². The zero-order valence-electron chi connectivity index (χ0n) is 9.31. The third kappa shape index (κ3) is 5.57. The van der Waals surface area contributed by atoms with E-state index in [-0.39, 0.29) is 5.41 Å². The number of aromatic nitrogens is 1. The number of allylic oxidation sites excluding steroid dienone is 1. The van der Waals surface area contributed by atoms with Gasteiger partial charge in [-0.05, 0) is 17.5 Å². The van der Waals surface area contributed by atoms with Crippen LogP contribution < -0.4 is 5.43 Å². The molecule has 1 N–H and O–H groups in total. The van der Waals surface area contributed by atoms with Crippen molar-refractivity contribution in [3.8, 4) is 0 Å². The largest absolute Gasteiger partial charge is 0.242 e. The van der Waals surface area contributed by atoms with E-state index >= 15 is 0 Å². The molecule has 15 heavy (non-hydrogen) atoms. The van der Waals surface area contributed by atoms with Gasteiger partial charge in [0.1, 0.15) is 5.82 Å². The van der Waals surface area contributed by atoms with E-state index in [9.17, 15) is 0 Å². The fourth-order valence-corrected chi connectivity index (χ4v) is 0.799. The summed E-state index contributed by atoms with van der Waals surface area (Å²) < 4.78 is 0. The summed E-state index contributed by atoms with van der Waals surface area (Å²) in [5.74, 6) is 0.686. The lowest BCUT2D eigenvalue weighted by Gasteiger charge is -2.09. The molecule has 0 fully saturated rings. The minimum absolute atomic E-state index is 0.129. The monoisotopic (exact) mass is 204 g/mol.